The fourth-order valence-electron chi connectivity index (χ4n) is 2.46. The predicted octanol–water partition coefficient (Wildman–Crippen LogP) is 2.51. The van der Waals surface area contributed by atoms with Crippen LogP contribution in [0.4, 0.5) is 15.0 Å². The number of nitrogens with one attached hydrogen (secondary N) is 1. The van der Waals surface area contributed by atoms with E-state index in [1.807, 2.05) is 0 Å². The zero-order valence-electron chi connectivity index (χ0n) is 13.4. The summed E-state index contributed by atoms with van der Waals surface area (Å²) in [5, 5.41) is 12.2. The van der Waals surface area contributed by atoms with E-state index in [2.05, 4.69) is 15.0 Å². The molecular weight excluding hydrogens is 317 g/mol. The maximum atomic E-state index is 13.5. The number of carbonyl (C=O) groups excluding carboxylic acids is 1. The van der Waals surface area contributed by atoms with E-state index in [0.29, 0.717) is 24.5 Å². The van der Waals surface area contributed by atoms with Gasteiger partial charge in [0.05, 0.1) is 6.61 Å². The molecule has 2 heterocycles. The molecule has 0 unspecified atom stereocenters. The van der Waals surface area contributed by atoms with Gasteiger partial charge in [0.25, 0.3) is 0 Å². The van der Waals surface area contributed by atoms with E-state index in [1.165, 1.54) is 11.1 Å². The molecule has 7 nitrogen and oxygen atoms in total. The average molecular weight is 337 g/mol. The lowest BCUT2D eigenvalue weighted by atomic mass is 10.1. The van der Waals surface area contributed by atoms with Crippen molar-refractivity contribution >= 4 is 24.0 Å². The standard InChI is InChI=1S/C16H20FN3O4/c1-2-24-15(21)13(17)8-11-5-6-14(18-9-11)19-12-4-3-7-20(10-12)16(22)23/h5-6,8-9,12H,2-4,7,10H2,1H3,(H,18,19)(H,22,23)/b13-8-/t12-/m1/s1. The number of carbonyl (C=O) groups is 2. The Morgan fingerprint density at radius 1 is 1.54 bits per heavy atom. The summed E-state index contributed by atoms with van der Waals surface area (Å²) >= 11 is 0. The van der Waals surface area contributed by atoms with E-state index in [4.69, 9.17) is 5.11 Å². The SMILES string of the molecule is CCOC(=O)/C(F)=C/c1ccc(N[C@@H]2CCCN(C(=O)O)C2)nc1. The van der Waals surface area contributed by atoms with Crippen molar-refractivity contribution in [3.63, 3.8) is 0 Å². The van der Waals surface area contributed by atoms with Crippen LogP contribution in [0.1, 0.15) is 25.3 Å². The minimum atomic E-state index is -1.00. The summed E-state index contributed by atoms with van der Waals surface area (Å²) in [6, 6.07) is 3.26. The summed E-state index contributed by atoms with van der Waals surface area (Å²) in [7, 11) is 0. The van der Waals surface area contributed by atoms with Gasteiger partial charge in [-0.3, -0.25) is 0 Å². The summed E-state index contributed by atoms with van der Waals surface area (Å²) in [6.45, 7) is 2.65. The van der Waals surface area contributed by atoms with Crippen LogP contribution in [0.25, 0.3) is 6.08 Å². The number of pyridine rings is 1. The number of piperidine rings is 1. The van der Waals surface area contributed by atoms with Gasteiger partial charge in [-0.15, -0.1) is 0 Å². The largest absolute Gasteiger partial charge is 0.465 e. The second-order valence-electron chi connectivity index (χ2n) is 5.40. The number of rotatable bonds is 5. The van der Waals surface area contributed by atoms with Crippen LogP contribution in [0, 0.1) is 0 Å². The maximum Gasteiger partial charge on any atom is 0.407 e. The molecule has 0 bridgehead atoms. The van der Waals surface area contributed by atoms with Gasteiger partial charge in [-0.2, -0.15) is 4.39 Å². The highest BCUT2D eigenvalue weighted by Crippen LogP contribution is 2.16. The van der Waals surface area contributed by atoms with Crippen LogP contribution in [-0.2, 0) is 9.53 Å². The summed E-state index contributed by atoms with van der Waals surface area (Å²) in [4.78, 5) is 27.7. The van der Waals surface area contributed by atoms with Crippen molar-refractivity contribution in [3.8, 4) is 0 Å². The quantitative estimate of drug-likeness (QED) is 0.634. The van der Waals surface area contributed by atoms with Crippen molar-refractivity contribution in [3.05, 3.63) is 29.7 Å². The van der Waals surface area contributed by atoms with E-state index in [9.17, 15) is 14.0 Å². The van der Waals surface area contributed by atoms with Crippen LogP contribution < -0.4 is 5.32 Å². The molecule has 1 fully saturated rings. The summed E-state index contributed by atoms with van der Waals surface area (Å²) < 4.78 is 18.1. The Labute approximate surface area is 139 Å². The molecule has 1 saturated heterocycles. The Morgan fingerprint density at radius 2 is 2.33 bits per heavy atom. The van der Waals surface area contributed by atoms with Crippen LogP contribution >= 0.6 is 0 Å². The van der Waals surface area contributed by atoms with Gasteiger partial charge in [-0.1, -0.05) is 0 Å². The summed E-state index contributed by atoms with van der Waals surface area (Å²) in [5.74, 6) is -1.42. The molecule has 0 saturated carbocycles. The third kappa shape index (κ3) is 4.94. The number of esters is 1. The first-order valence-electron chi connectivity index (χ1n) is 7.74. The average Bonchev–Trinajstić information content (AvgIpc) is 2.57. The van der Waals surface area contributed by atoms with Gasteiger partial charge < -0.3 is 20.1 Å². The molecule has 0 radical (unpaired) electrons. The Balaban J connectivity index is 1.96. The van der Waals surface area contributed by atoms with Gasteiger partial charge in [-0.25, -0.2) is 14.6 Å². The second kappa shape index (κ2) is 8.28. The van der Waals surface area contributed by atoms with Crippen LogP contribution in [0.2, 0.25) is 0 Å². The molecule has 1 aliphatic rings. The number of hydrogen-bond donors (Lipinski definition) is 2. The number of halogens is 1. The fraction of sp³-hybridized carbons (Fsp3) is 0.438. The van der Waals surface area contributed by atoms with Crippen LogP contribution in [0.15, 0.2) is 24.2 Å². The Kier molecular flexibility index (Phi) is 6.11. The van der Waals surface area contributed by atoms with E-state index in [0.717, 1.165) is 18.9 Å². The van der Waals surface area contributed by atoms with Crippen molar-refractivity contribution in [2.24, 2.45) is 0 Å². The van der Waals surface area contributed by atoms with E-state index in [1.54, 1.807) is 19.1 Å². The molecule has 0 aliphatic carbocycles. The molecule has 0 spiro atoms. The second-order valence-corrected chi connectivity index (χ2v) is 5.40. The van der Waals surface area contributed by atoms with Crippen molar-refractivity contribution in [2.45, 2.75) is 25.8 Å². The normalized spacial score (nSPS) is 18.2. The maximum absolute atomic E-state index is 13.5. The van der Waals surface area contributed by atoms with Crippen LogP contribution in [0.5, 0.6) is 0 Å². The molecule has 2 rings (SSSR count). The molecule has 1 aromatic rings. The molecule has 1 atom stereocenters. The van der Waals surface area contributed by atoms with Crippen molar-refractivity contribution < 1.29 is 23.8 Å². The number of aromatic nitrogens is 1. The molecule has 24 heavy (non-hydrogen) atoms. The number of ether oxygens (including phenoxy) is 1. The number of amides is 1. The Bertz CT molecular complexity index is 618. The Hall–Kier alpha value is -2.64. The van der Waals surface area contributed by atoms with Crippen molar-refractivity contribution in [1.82, 2.24) is 9.88 Å². The smallest absolute Gasteiger partial charge is 0.407 e. The molecular formula is C16H20FN3O4. The first-order chi connectivity index (χ1) is 11.5. The molecule has 1 aromatic heterocycles. The van der Waals surface area contributed by atoms with Crippen LogP contribution in [0.3, 0.4) is 0 Å². The third-order valence-electron chi connectivity index (χ3n) is 3.59. The van der Waals surface area contributed by atoms with Gasteiger partial charge >= 0.3 is 12.1 Å². The first-order valence-corrected chi connectivity index (χ1v) is 7.74. The number of likely N-dealkylation sites (tertiary alicyclic amines) is 1. The van der Waals surface area contributed by atoms with Gasteiger partial charge in [0.2, 0.25) is 5.83 Å². The minimum Gasteiger partial charge on any atom is -0.465 e. The summed E-state index contributed by atoms with van der Waals surface area (Å²) in [6.07, 6.45) is 3.20. The molecule has 0 aromatic carbocycles. The highest BCUT2D eigenvalue weighted by Gasteiger charge is 2.23. The number of carboxylic acid groups (broad SMARTS) is 1. The van der Waals surface area contributed by atoms with E-state index < -0.39 is 17.9 Å². The van der Waals surface area contributed by atoms with E-state index in [-0.39, 0.29) is 12.6 Å². The lowest BCUT2D eigenvalue weighted by Crippen LogP contribution is -2.44. The third-order valence-corrected chi connectivity index (χ3v) is 3.59. The minimum absolute atomic E-state index is 0.0139. The van der Waals surface area contributed by atoms with Crippen molar-refractivity contribution in [1.29, 1.82) is 0 Å². The molecule has 1 aliphatic heterocycles. The van der Waals surface area contributed by atoms with Gasteiger partial charge in [0, 0.05) is 25.3 Å². The van der Waals surface area contributed by atoms with Crippen LogP contribution in [-0.4, -0.2) is 52.8 Å². The topological polar surface area (TPSA) is 91.8 Å². The van der Waals surface area contributed by atoms with Gasteiger partial charge in [0.1, 0.15) is 5.82 Å². The fourth-order valence-corrected chi connectivity index (χ4v) is 2.46. The first kappa shape index (κ1) is 17.7. The molecule has 1 amide bonds. The number of hydrogen-bond acceptors (Lipinski definition) is 5. The lowest BCUT2D eigenvalue weighted by Gasteiger charge is -2.31. The zero-order chi connectivity index (χ0) is 17.5. The summed E-state index contributed by atoms with van der Waals surface area (Å²) in [5.41, 5.74) is 0.432. The molecule has 130 valence electrons. The Morgan fingerprint density at radius 3 is 2.96 bits per heavy atom. The van der Waals surface area contributed by atoms with Gasteiger partial charge in [-0.05, 0) is 43.5 Å². The van der Waals surface area contributed by atoms with E-state index >= 15 is 0 Å². The van der Waals surface area contributed by atoms with Crippen molar-refractivity contribution in [2.75, 3.05) is 25.0 Å². The molecule has 2 N–H and O–H groups in total. The predicted molar refractivity (Wildman–Crippen MR) is 86.2 cm³/mol. The van der Waals surface area contributed by atoms with Gasteiger partial charge in [0.15, 0.2) is 0 Å². The zero-order valence-corrected chi connectivity index (χ0v) is 13.4. The highest BCUT2D eigenvalue weighted by atomic mass is 19.1. The molecule has 8 heteroatoms. The number of nitrogens with zero attached hydrogens (tertiary/aromatic N) is 2. The number of anilines is 1. The monoisotopic (exact) mass is 337 g/mol. The highest BCUT2D eigenvalue weighted by molar-refractivity contribution is 5.91. The lowest BCUT2D eigenvalue weighted by molar-refractivity contribution is -0.140.